The van der Waals surface area contributed by atoms with Crippen LogP contribution in [0.1, 0.15) is 149 Å². The number of para-hydroxylation sites is 1. The van der Waals surface area contributed by atoms with Crippen LogP contribution < -0.4 is 5.32 Å². The molecule has 0 bridgehead atoms. The highest BCUT2D eigenvalue weighted by atomic mass is 33.1. The van der Waals surface area contributed by atoms with Crippen molar-refractivity contribution in [2.24, 2.45) is 0 Å². The molecule has 2 heterocycles. The third-order valence-corrected chi connectivity index (χ3v) is 12.9. The lowest BCUT2D eigenvalue weighted by Gasteiger charge is -2.29. The molecule has 0 unspecified atom stereocenters. The topological polar surface area (TPSA) is 63.6 Å². The molecular weight excluding hydrogens is 683 g/mol. The van der Waals surface area contributed by atoms with Gasteiger partial charge in [-0.25, -0.2) is 4.79 Å². The molecule has 1 N–H and O–H groups in total. The molecule has 2 aromatic carbocycles. The van der Waals surface area contributed by atoms with Gasteiger partial charge in [0.1, 0.15) is 11.6 Å². The number of carbonyl (C=O) groups excluding carboxylic acids is 2. The molecule has 0 radical (unpaired) electrons. The summed E-state index contributed by atoms with van der Waals surface area (Å²) in [5, 5.41) is 5.43. The van der Waals surface area contributed by atoms with Gasteiger partial charge in [0.15, 0.2) is 0 Å². The number of hydrogen-bond acceptors (Lipinski definition) is 5. The summed E-state index contributed by atoms with van der Waals surface area (Å²) in [4.78, 5) is 29.8. The number of ether oxygens (including phenoxy) is 1. The van der Waals surface area contributed by atoms with Crippen LogP contribution in [0.2, 0.25) is 0 Å². The van der Waals surface area contributed by atoms with Crippen molar-refractivity contribution >= 4 is 55.4 Å². The van der Waals surface area contributed by atoms with Gasteiger partial charge in [0.2, 0.25) is 5.91 Å². The zero-order valence-electron chi connectivity index (χ0n) is 33.0. The summed E-state index contributed by atoms with van der Waals surface area (Å²) in [6, 6.07) is 14.4. The molecule has 3 aromatic rings. The van der Waals surface area contributed by atoms with Gasteiger partial charge in [0, 0.05) is 59.4 Å². The van der Waals surface area contributed by atoms with Crippen LogP contribution in [0.5, 0.6) is 0 Å². The molecule has 1 aromatic heterocycles. The molecule has 0 spiro atoms. The minimum Gasteiger partial charge on any atom is -0.444 e. The van der Waals surface area contributed by atoms with Crippen LogP contribution in [0, 0.1) is 0 Å². The highest BCUT2D eigenvalue weighted by Crippen LogP contribution is 2.30. The average molecular weight is 752 g/mol. The van der Waals surface area contributed by atoms with E-state index in [1.165, 1.54) is 123 Å². The molecule has 0 aliphatic carbocycles. The Bertz CT molecular complexity index is 1460. The fourth-order valence-electron chi connectivity index (χ4n) is 7.53. The standard InChI is InChI=1S/C44H69N3O3S2/c1-5-47-40-27-21-20-26-37(40)38-34-36(28-29-41(38)47)35-39(45-43(49)50-44(2,3)4)42(48)46-30-22-16-12-8-6-10-14-18-24-32-51-52-33-25-19-15-11-7-9-13-17-23-31-46/h20-21,26-29,34,39H,5-19,22-25,30-33,35H2,1-4H3,(H,45,49)/t39-/m0/s1. The van der Waals surface area contributed by atoms with E-state index in [1.807, 2.05) is 20.8 Å². The molecule has 1 atom stereocenters. The first kappa shape index (κ1) is 42.4. The number of alkyl carbamates (subject to hydrolysis) is 1. The van der Waals surface area contributed by atoms with Crippen LogP contribution in [-0.4, -0.2) is 57.7 Å². The van der Waals surface area contributed by atoms with Crippen LogP contribution in [0.3, 0.4) is 0 Å². The third-order valence-electron chi connectivity index (χ3n) is 10.3. The normalized spacial score (nSPS) is 18.7. The molecule has 8 heteroatoms. The van der Waals surface area contributed by atoms with E-state index in [9.17, 15) is 9.59 Å². The van der Waals surface area contributed by atoms with Crippen LogP contribution >= 0.6 is 21.6 Å². The second kappa shape index (κ2) is 23.5. The van der Waals surface area contributed by atoms with E-state index in [-0.39, 0.29) is 5.91 Å². The molecule has 6 nitrogen and oxygen atoms in total. The van der Waals surface area contributed by atoms with Crippen LogP contribution in [-0.2, 0) is 22.5 Å². The third kappa shape index (κ3) is 14.8. The molecule has 4 rings (SSSR count). The summed E-state index contributed by atoms with van der Waals surface area (Å²) >= 11 is 0. The van der Waals surface area contributed by atoms with E-state index in [0.29, 0.717) is 6.42 Å². The van der Waals surface area contributed by atoms with Gasteiger partial charge in [-0.2, -0.15) is 0 Å². The Morgan fingerprint density at radius 2 is 1.19 bits per heavy atom. The Hall–Kier alpha value is -2.32. The van der Waals surface area contributed by atoms with Crippen LogP contribution in [0.4, 0.5) is 4.79 Å². The lowest BCUT2D eigenvalue weighted by Crippen LogP contribution is -2.51. The molecule has 1 saturated heterocycles. The van der Waals surface area contributed by atoms with Crippen molar-refractivity contribution in [2.75, 3.05) is 24.6 Å². The quantitative estimate of drug-likeness (QED) is 0.263. The van der Waals surface area contributed by atoms with E-state index in [2.05, 4.69) is 85.8 Å². The molecule has 0 saturated carbocycles. The Labute approximate surface area is 323 Å². The van der Waals surface area contributed by atoms with Crippen molar-refractivity contribution in [2.45, 2.75) is 168 Å². The highest BCUT2D eigenvalue weighted by Gasteiger charge is 2.28. The molecule has 1 aliphatic rings. The molecule has 1 aliphatic heterocycles. The number of aromatic nitrogens is 1. The van der Waals surface area contributed by atoms with E-state index < -0.39 is 17.7 Å². The first-order chi connectivity index (χ1) is 25.3. The lowest BCUT2D eigenvalue weighted by atomic mass is 10.0. The average Bonchev–Trinajstić information content (AvgIpc) is 3.43. The number of carbonyl (C=O) groups is 2. The largest absolute Gasteiger partial charge is 0.444 e. The second-order valence-electron chi connectivity index (χ2n) is 15.8. The van der Waals surface area contributed by atoms with Crippen molar-refractivity contribution in [1.82, 2.24) is 14.8 Å². The molecule has 2 amide bonds. The summed E-state index contributed by atoms with van der Waals surface area (Å²) in [5.74, 6) is 2.61. The van der Waals surface area contributed by atoms with E-state index >= 15 is 0 Å². The number of rotatable bonds is 5. The molecular formula is C44H69N3O3S2. The fourth-order valence-corrected chi connectivity index (χ4v) is 9.82. The Morgan fingerprint density at radius 1 is 0.692 bits per heavy atom. The number of nitrogens with zero attached hydrogens (tertiary/aromatic N) is 2. The smallest absolute Gasteiger partial charge is 0.408 e. The van der Waals surface area contributed by atoms with Gasteiger partial charge in [-0.05, 0) is 77.1 Å². The first-order valence-corrected chi connectivity index (χ1v) is 23.3. The first-order valence-electron chi connectivity index (χ1n) is 20.8. The van der Waals surface area contributed by atoms with E-state index in [4.69, 9.17) is 4.74 Å². The predicted octanol–water partition coefficient (Wildman–Crippen LogP) is 12.5. The summed E-state index contributed by atoms with van der Waals surface area (Å²) < 4.78 is 8.04. The number of amides is 2. The van der Waals surface area contributed by atoms with Gasteiger partial charge in [0.25, 0.3) is 0 Å². The fraction of sp³-hybridized carbons (Fsp3) is 0.682. The van der Waals surface area contributed by atoms with Gasteiger partial charge < -0.3 is 19.5 Å². The maximum atomic E-state index is 14.5. The van der Waals surface area contributed by atoms with Gasteiger partial charge in [-0.15, -0.1) is 0 Å². The summed E-state index contributed by atoms with van der Waals surface area (Å²) in [5.41, 5.74) is 2.81. The van der Waals surface area contributed by atoms with Crippen molar-refractivity contribution in [3.63, 3.8) is 0 Å². The minimum atomic E-state index is -0.695. The minimum absolute atomic E-state index is 0.00984. The maximum absolute atomic E-state index is 14.5. The van der Waals surface area contributed by atoms with E-state index in [0.717, 1.165) is 50.9 Å². The van der Waals surface area contributed by atoms with Gasteiger partial charge in [0.05, 0.1) is 0 Å². The van der Waals surface area contributed by atoms with Crippen LogP contribution in [0.15, 0.2) is 42.5 Å². The molecule has 1 fully saturated rings. The summed E-state index contributed by atoms with van der Waals surface area (Å²) in [6.07, 6.45) is 22.6. The number of benzene rings is 2. The maximum Gasteiger partial charge on any atom is 0.408 e. The van der Waals surface area contributed by atoms with Crippen molar-refractivity contribution in [3.05, 3.63) is 48.0 Å². The highest BCUT2D eigenvalue weighted by molar-refractivity contribution is 8.76. The lowest BCUT2D eigenvalue weighted by molar-refractivity contribution is -0.133. The summed E-state index contributed by atoms with van der Waals surface area (Å²) in [7, 11) is 4.17. The van der Waals surface area contributed by atoms with Crippen molar-refractivity contribution < 1.29 is 14.3 Å². The zero-order valence-corrected chi connectivity index (χ0v) is 34.7. The van der Waals surface area contributed by atoms with Gasteiger partial charge in [-0.3, -0.25) is 4.79 Å². The van der Waals surface area contributed by atoms with Gasteiger partial charge in [-0.1, -0.05) is 136 Å². The Morgan fingerprint density at radius 3 is 1.73 bits per heavy atom. The number of aryl methyl sites for hydroxylation is 1. The number of hydrogen-bond donors (Lipinski definition) is 1. The number of nitrogens with one attached hydrogen (secondary N) is 1. The second-order valence-corrected chi connectivity index (χ2v) is 18.6. The Kier molecular flexibility index (Phi) is 19.1. The molecule has 290 valence electrons. The molecule has 52 heavy (non-hydrogen) atoms. The number of fused-ring (bicyclic) bond motifs is 3. The van der Waals surface area contributed by atoms with Gasteiger partial charge >= 0.3 is 6.09 Å². The zero-order chi connectivity index (χ0) is 37.0. The van der Waals surface area contributed by atoms with Crippen molar-refractivity contribution in [1.29, 1.82) is 0 Å². The monoisotopic (exact) mass is 751 g/mol. The Balaban J connectivity index is 1.45. The summed E-state index contributed by atoms with van der Waals surface area (Å²) in [6.45, 7) is 10.1. The van der Waals surface area contributed by atoms with E-state index in [1.54, 1.807) is 0 Å². The van der Waals surface area contributed by atoms with Crippen LogP contribution in [0.25, 0.3) is 21.8 Å². The van der Waals surface area contributed by atoms with Crippen molar-refractivity contribution in [3.8, 4) is 0 Å². The SMILES string of the molecule is CCn1c2ccccc2c2cc(C[C@H](NC(=O)OC(C)(C)C)C(=O)N3CCCCCCCCCCCSSCCCCCCCCCCC3)ccc21. The predicted molar refractivity (Wildman–Crippen MR) is 227 cm³/mol.